The van der Waals surface area contributed by atoms with E-state index in [2.05, 4.69) is 4.74 Å². The van der Waals surface area contributed by atoms with Gasteiger partial charge >= 0.3 is 5.97 Å². The molecule has 0 aliphatic heterocycles. The van der Waals surface area contributed by atoms with Crippen LogP contribution in [0.3, 0.4) is 0 Å². The number of carbonyl (C=O) groups is 1. The molecule has 0 N–H and O–H groups in total. The van der Waals surface area contributed by atoms with Crippen LogP contribution in [0.4, 0.5) is 8.78 Å². The first-order valence-electron chi connectivity index (χ1n) is 3.86. The first-order valence-corrected chi connectivity index (χ1v) is 3.86. The van der Waals surface area contributed by atoms with Gasteiger partial charge in [-0.1, -0.05) is 30.3 Å². The number of halogens is 2. The summed E-state index contributed by atoms with van der Waals surface area (Å²) in [6.07, 6.45) is -2.04. The summed E-state index contributed by atoms with van der Waals surface area (Å²) in [6, 6.07) is 7.66. The van der Waals surface area contributed by atoms with Crippen LogP contribution in [0.15, 0.2) is 36.4 Å². The van der Waals surface area contributed by atoms with E-state index in [9.17, 15) is 13.6 Å². The Morgan fingerprint density at radius 2 is 1.79 bits per heavy atom. The van der Waals surface area contributed by atoms with Gasteiger partial charge in [-0.05, 0) is 5.56 Å². The fourth-order valence-electron chi connectivity index (χ4n) is 1.01. The molecule has 0 atom stereocenters. The molecule has 0 heterocycles. The molecule has 0 unspecified atom stereocenters. The van der Waals surface area contributed by atoms with Gasteiger partial charge in [0.15, 0.2) is 0 Å². The van der Waals surface area contributed by atoms with Crippen molar-refractivity contribution in [3.63, 3.8) is 0 Å². The Labute approximate surface area is 79.8 Å². The lowest BCUT2D eigenvalue weighted by Gasteiger charge is -2.03. The SMILES string of the molecule is COC(=O)C(=C(F)F)c1ccccc1. The molecule has 0 aromatic heterocycles. The van der Waals surface area contributed by atoms with E-state index in [4.69, 9.17) is 0 Å². The number of rotatable bonds is 2. The first-order chi connectivity index (χ1) is 6.66. The molecular formula is C10H8F2O2. The van der Waals surface area contributed by atoms with E-state index in [-0.39, 0.29) is 5.56 Å². The number of hydrogen-bond acceptors (Lipinski definition) is 2. The van der Waals surface area contributed by atoms with Crippen molar-refractivity contribution in [2.75, 3.05) is 7.11 Å². The molecular weight excluding hydrogens is 190 g/mol. The van der Waals surface area contributed by atoms with Crippen LogP contribution >= 0.6 is 0 Å². The van der Waals surface area contributed by atoms with Crippen LogP contribution in [-0.4, -0.2) is 13.1 Å². The van der Waals surface area contributed by atoms with Gasteiger partial charge in [0.25, 0.3) is 6.08 Å². The lowest BCUT2D eigenvalue weighted by molar-refractivity contribution is -0.133. The second kappa shape index (κ2) is 4.50. The van der Waals surface area contributed by atoms with Crippen LogP contribution in [-0.2, 0) is 9.53 Å². The third-order valence-corrected chi connectivity index (χ3v) is 1.64. The van der Waals surface area contributed by atoms with Gasteiger partial charge in [-0.15, -0.1) is 0 Å². The molecule has 0 fully saturated rings. The maximum Gasteiger partial charge on any atom is 0.343 e. The zero-order valence-corrected chi connectivity index (χ0v) is 7.46. The molecule has 0 spiro atoms. The van der Waals surface area contributed by atoms with E-state index in [1.165, 1.54) is 12.1 Å². The molecule has 0 aliphatic rings. The summed E-state index contributed by atoms with van der Waals surface area (Å²) in [5.74, 6) is -1.03. The summed E-state index contributed by atoms with van der Waals surface area (Å²) in [4.78, 5) is 11.0. The molecule has 14 heavy (non-hydrogen) atoms. The molecule has 2 nitrogen and oxygen atoms in total. The highest BCUT2D eigenvalue weighted by Crippen LogP contribution is 2.21. The van der Waals surface area contributed by atoms with E-state index in [0.29, 0.717) is 0 Å². The Kier molecular flexibility index (Phi) is 3.34. The van der Waals surface area contributed by atoms with Crippen molar-refractivity contribution in [1.82, 2.24) is 0 Å². The standard InChI is InChI=1S/C10H8F2O2/c1-14-10(13)8(9(11)12)7-5-3-2-4-6-7/h2-6H,1H3. The lowest BCUT2D eigenvalue weighted by atomic mass is 10.1. The third kappa shape index (κ3) is 2.16. The Morgan fingerprint density at radius 3 is 2.21 bits per heavy atom. The largest absolute Gasteiger partial charge is 0.465 e. The predicted octanol–water partition coefficient (Wildman–Crippen LogP) is 2.47. The first kappa shape index (κ1) is 10.4. The smallest absolute Gasteiger partial charge is 0.343 e. The summed E-state index contributed by atoms with van der Waals surface area (Å²) in [7, 11) is 1.06. The fraction of sp³-hybridized carbons (Fsp3) is 0.100. The molecule has 1 rings (SSSR count). The average Bonchev–Trinajstić information content (AvgIpc) is 2.19. The van der Waals surface area contributed by atoms with E-state index in [0.717, 1.165) is 7.11 Å². The Bertz CT molecular complexity index is 354. The zero-order valence-electron chi connectivity index (χ0n) is 7.46. The number of ether oxygens (including phenoxy) is 1. The van der Waals surface area contributed by atoms with E-state index < -0.39 is 17.6 Å². The minimum Gasteiger partial charge on any atom is -0.465 e. The second-order valence-electron chi connectivity index (χ2n) is 2.49. The zero-order chi connectivity index (χ0) is 10.6. The van der Waals surface area contributed by atoms with Gasteiger partial charge in [-0.3, -0.25) is 0 Å². The summed E-state index contributed by atoms with van der Waals surface area (Å²) >= 11 is 0. The van der Waals surface area contributed by atoms with Crippen molar-refractivity contribution in [1.29, 1.82) is 0 Å². The number of carbonyl (C=O) groups excluding carboxylic acids is 1. The molecule has 4 heteroatoms. The van der Waals surface area contributed by atoms with Gasteiger partial charge in [0, 0.05) is 0 Å². The Hall–Kier alpha value is -1.71. The molecule has 0 amide bonds. The van der Waals surface area contributed by atoms with Crippen LogP contribution in [0.5, 0.6) is 0 Å². The Morgan fingerprint density at radius 1 is 1.21 bits per heavy atom. The van der Waals surface area contributed by atoms with Crippen LogP contribution in [0.2, 0.25) is 0 Å². The summed E-state index contributed by atoms with van der Waals surface area (Å²) in [6.45, 7) is 0. The minimum atomic E-state index is -2.04. The third-order valence-electron chi connectivity index (χ3n) is 1.64. The van der Waals surface area contributed by atoms with Gasteiger partial charge in [-0.2, -0.15) is 8.78 Å². The highest BCUT2D eigenvalue weighted by atomic mass is 19.3. The maximum absolute atomic E-state index is 12.4. The van der Waals surface area contributed by atoms with Crippen molar-refractivity contribution < 1.29 is 18.3 Å². The highest BCUT2D eigenvalue weighted by Gasteiger charge is 2.18. The molecule has 74 valence electrons. The number of hydrogen-bond donors (Lipinski definition) is 0. The minimum absolute atomic E-state index is 0.152. The van der Waals surface area contributed by atoms with Gasteiger partial charge in [0.1, 0.15) is 5.57 Å². The molecule has 1 aromatic rings. The normalized spacial score (nSPS) is 9.36. The summed E-state index contributed by atoms with van der Waals surface area (Å²) in [5, 5.41) is 0. The molecule has 0 radical (unpaired) electrons. The topological polar surface area (TPSA) is 26.3 Å². The molecule has 0 saturated heterocycles. The van der Waals surface area contributed by atoms with E-state index >= 15 is 0 Å². The Balaban J connectivity index is 3.16. The average molecular weight is 198 g/mol. The van der Waals surface area contributed by atoms with E-state index in [1.807, 2.05) is 0 Å². The number of methoxy groups -OCH3 is 1. The van der Waals surface area contributed by atoms with Crippen molar-refractivity contribution >= 4 is 11.5 Å². The summed E-state index contributed by atoms with van der Waals surface area (Å²) in [5.41, 5.74) is -0.535. The van der Waals surface area contributed by atoms with Crippen LogP contribution in [0.1, 0.15) is 5.56 Å². The molecule has 0 bridgehead atoms. The van der Waals surface area contributed by atoms with E-state index in [1.54, 1.807) is 18.2 Å². The molecule has 0 aliphatic carbocycles. The summed E-state index contributed by atoms with van der Waals surface area (Å²) < 4.78 is 29.1. The lowest BCUT2D eigenvalue weighted by Crippen LogP contribution is -2.04. The predicted molar refractivity (Wildman–Crippen MR) is 47.6 cm³/mol. The van der Waals surface area contributed by atoms with Crippen molar-refractivity contribution in [3.05, 3.63) is 42.0 Å². The van der Waals surface area contributed by atoms with Gasteiger partial charge in [0.2, 0.25) is 0 Å². The quantitative estimate of drug-likeness (QED) is 0.539. The van der Waals surface area contributed by atoms with Crippen molar-refractivity contribution in [2.24, 2.45) is 0 Å². The van der Waals surface area contributed by atoms with Crippen LogP contribution in [0, 0.1) is 0 Å². The van der Waals surface area contributed by atoms with Gasteiger partial charge in [0.05, 0.1) is 7.11 Å². The van der Waals surface area contributed by atoms with Crippen molar-refractivity contribution in [2.45, 2.75) is 0 Å². The highest BCUT2D eigenvalue weighted by molar-refractivity contribution is 6.16. The molecule has 0 saturated carbocycles. The maximum atomic E-state index is 12.4. The fourth-order valence-corrected chi connectivity index (χ4v) is 1.01. The molecule has 1 aromatic carbocycles. The van der Waals surface area contributed by atoms with Gasteiger partial charge < -0.3 is 4.74 Å². The number of benzene rings is 1. The van der Waals surface area contributed by atoms with Gasteiger partial charge in [-0.25, -0.2) is 4.79 Å². The number of esters is 1. The van der Waals surface area contributed by atoms with Crippen LogP contribution in [0.25, 0.3) is 5.57 Å². The second-order valence-corrected chi connectivity index (χ2v) is 2.49. The van der Waals surface area contributed by atoms with Crippen LogP contribution < -0.4 is 0 Å². The monoisotopic (exact) mass is 198 g/mol. The van der Waals surface area contributed by atoms with Crippen molar-refractivity contribution in [3.8, 4) is 0 Å².